The fourth-order valence-electron chi connectivity index (χ4n) is 5.26. The molecule has 35 heavy (non-hydrogen) atoms. The van der Waals surface area contributed by atoms with Crippen molar-refractivity contribution >= 4 is 31.9 Å². The van der Waals surface area contributed by atoms with Crippen LogP contribution in [0.1, 0.15) is 44.2 Å². The second-order valence-corrected chi connectivity index (χ2v) is 11.7. The van der Waals surface area contributed by atoms with Gasteiger partial charge in [-0.1, -0.05) is 19.3 Å². The van der Waals surface area contributed by atoms with Crippen LogP contribution in [0.5, 0.6) is 0 Å². The summed E-state index contributed by atoms with van der Waals surface area (Å²) >= 11 is 2.93. The first kappa shape index (κ1) is 25.8. The predicted octanol–water partition coefficient (Wildman–Crippen LogP) is 4.18. The monoisotopic (exact) mass is 568 g/mol. The quantitative estimate of drug-likeness (QED) is 0.542. The van der Waals surface area contributed by atoms with E-state index in [0.717, 1.165) is 31.7 Å². The summed E-state index contributed by atoms with van der Waals surface area (Å²) in [6.45, 7) is 1.32. The second kappa shape index (κ2) is 10.8. The van der Waals surface area contributed by atoms with Crippen LogP contribution in [0.15, 0.2) is 39.8 Å². The summed E-state index contributed by atoms with van der Waals surface area (Å²) < 4.78 is 58.1. The molecular weight excluding hydrogens is 542 g/mol. The molecule has 4 rings (SSSR count). The molecule has 188 valence electrons. The minimum Gasteiger partial charge on any atom is -0.341 e. The van der Waals surface area contributed by atoms with E-state index in [1.165, 1.54) is 6.42 Å². The van der Waals surface area contributed by atoms with Crippen LogP contribution in [0.25, 0.3) is 0 Å². The fourth-order valence-corrected chi connectivity index (χ4v) is 7.65. The molecule has 2 heterocycles. The number of sulfonamides is 1. The van der Waals surface area contributed by atoms with Crippen molar-refractivity contribution in [2.45, 2.75) is 56.0 Å². The van der Waals surface area contributed by atoms with E-state index < -0.39 is 32.6 Å². The first-order valence-corrected chi connectivity index (χ1v) is 14.0. The number of likely N-dealkylation sites (tertiary alicyclic amines) is 1. The Hall–Kier alpha value is -2.29. The Balaban J connectivity index is 1.58. The number of hydrogen-bond donors (Lipinski definition) is 1. The Bertz CT molecular complexity index is 1220. The molecule has 1 N–H and O–H groups in total. The average molecular weight is 569 g/mol. The lowest BCUT2D eigenvalue weighted by Gasteiger charge is -2.42. The Morgan fingerprint density at radius 2 is 1.97 bits per heavy atom. The van der Waals surface area contributed by atoms with Gasteiger partial charge in [0.25, 0.3) is 0 Å². The third-order valence-electron chi connectivity index (χ3n) is 7.03. The summed E-state index contributed by atoms with van der Waals surface area (Å²) in [6, 6.07) is 5.55. The first-order valence-electron chi connectivity index (χ1n) is 11.7. The normalized spacial score (nSPS) is 21.3. The number of piperidine rings is 1. The standard InChI is InChI=1S/C24H27BrF2N4O3S/c25-20-12-18(26)13-21(27)23(20)35(33,34)29-22(8-11-30-9-3-6-19(30)14-28)24(32)31-10-7-16-4-1-2-5-17(16)15-31/h3,6,9,12-13,16-17,22,29H,1-2,4-5,7-8,10-11,15H2/t16-,17-,22?/m0/s1. The Kier molecular flexibility index (Phi) is 7.93. The van der Waals surface area contributed by atoms with Gasteiger partial charge in [0.05, 0.1) is 0 Å². The van der Waals surface area contributed by atoms with Crippen molar-refractivity contribution in [3.05, 3.63) is 52.3 Å². The maximum absolute atomic E-state index is 14.5. The highest BCUT2D eigenvalue weighted by Crippen LogP contribution is 2.36. The zero-order valence-electron chi connectivity index (χ0n) is 19.1. The lowest BCUT2D eigenvalue weighted by Crippen LogP contribution is -2.53. The van der Waals surface area contributed by atoms with E-state index in [1.807, 2.05) is 0 Å². The molecule has 0 spiro atoms. The van der Waals surface area contributed by atoms with E-state index in [2.05, 4.69) is 26.7 Å². The highest BCUT2D eigenvalue weighted by Gasteiger charge is 2.37. The molecule has 2 fully saturated rings. The van der Waals surface area contributed by atoms with E-state index in [0.29, 0.717) is 36.7 Å². The van der Waals surface area contributed by atoms with Crippen LogP contribution in [0.3, 0.4) is 0 Å². The van der Waals surface area contributed by atoms with Crippen molar-refractivity contribution in [2.24, 2.45) is 11.8 Å². The lowest BCUT2D eigenvalue weighted by molar-refractivity contribution is -0.136. The number of aromatic nitrogens is 1. The van der Waals surface area contributed by atoms with Gasteiger partial charge in [0.15, 0.2) is 0 Å². The van der Waals surface area contributed by atoms with Gasteiger partial charge in [0, 0.05) is 36.4 Å². The van der Waals surface area contributed by atoms with Crippen LogP contribution in [0.4, 0.5) is 8.78 Å². The SMILES string of the molecule is N#Cc1cccn1CCC(NS(=O)(=O)c1c(F)cc(F)cc1Br)C(=O)N1CC[C@@H]2CCCC[C@H]2C1. The van der Waals surface area contributed by atoms with Crippen molar-refractivity contribution in [1.29, 1.82) is 5.26 Å². The summed E-state index contributed by atoms with van der Waals surface area (Å²) in [4.78, 5) is 14.5. The van der Waals surface area contributed by atoms with Crippen molar-refractivity contribution in [2.75, 3.05) is 13.1 Å². The molecule has 3 atom stereocenters. The molecule has 1 saturated carbocycles. The van der Waals surface area contributed by atoms with Gasteiger partial charge in [-0.25, -0.2) is 17.2 Å². The van der Waals surface area contributed by atoms with E-state index in [4.69, 9.17) is 0 Å². The molecule has 2 aliphatic rings. The van der Waals surface area contributed by atoms with Crippen LogP contribution in [0, 0.1) is 34.8 Å². The molecule has 1 unspecified atom stereocenters. The Morgan fingerprint density at radius 3 is 2.69 bits per heavy atom. The smallest absolute Gasteiger partial charge is 0.245 e. The van der Waals surface area contributed by atoms with Gasteiger partial charge in [0.1, 0.15) is 34.3 Å². The number of carbonyl (C=O) groups is 1. The van der Waals surface area contributed by atoms with Crippen molar-refractivity contribution in [3.8, 4) is 6.07 Å². The summed E-state index contributed by atoms with van der Waals surface area (Å²) in [6.07, 6.45) is 7.16. The number of nitriles is 1. The van der Waals surface area contributed by atoms with Crippen molar-refractivity contribution in [3.63, 3.8) is 0 Å². The van der Waals surface area contributed by atoms with Gasteiger partial charge in [-0.3, -0.25) is 4.79 Å². The molecule has 7 nitrogen and oxygen atoms in total. The van der Waals surface area contributed by atoms with Gasteiger partial charge in [0.2, 0.25) is 15.9 Å². The first-order chi connectivity index (χ1) is 16.7. The van der Waals surface area contributed by atoms with Gasteiger partial charge in [-0.15, -0.1) is 0 Å². The zero-order chi connectivity index (χ0) is 25.2. The maximum Gasteiger partial charge on any atom is 0.245 e. The van der Waals surface area contributed by atoms with Gasteiger partial charge < -0.3 is 9.47 Å². The number of aryl methyl sites for hydroxylation is 1. The summed E-state index contributed by atoms with van der Waals surface area (Å²) in [5.41, 5.74) is 0.384. The van der Waals surface area contributed by atoms with E-state index in [9.17, 15) is 27.3 Å². The molecule has 0 radical (unpaired) electrons. The Labute approximate surface area is 212 Å². The molecule has 0 bridgehead atoms. The molecule has 1 aliphatic carbocycles. The highest BCUT2D eigenvalue weighted by molar-refractivity contribution is 9.10. The fraction of sp³-hybridized carbons (Fsp3) is 0.500. The number of fused-ring (bicyclic) bond motifs is 1. The predicted molar refractivity (Wildman–Crippen MR) is 129 cm³/mol. The average Bonchev–Trinajstić information content (AvgIpc) is 3.27. The number of benzene rings is 1. The number of carbonyl (C=O) groups excluding carboxylic acids is 1. The molecule has 1 aromatic heterocycles. The molecule has 1 aromatic carbocycles. The van der Waals surface area contributed by atoms with E-state index >= 15 is 0 Å². The lowest BCUT2D eigenvalue weighted by atomic mass is 9.75. The molecule has 1 saturated heterocycles. The third kappa shape index (κ3) is 5.76. The minimum absolute atomic E-state index is 0.0620. The van der Waals surface area contributed by atoms with E-state index in [-0.39, 0.29) is 23.3 Å². The summed E-state index contributed by atoms with van der Waals surface area (Å²) in [7, 11) is -4.51. The maximum atomic E-state index is 14.5. The summed E-state index contributed by atoms with van der Waals surface area (Å²) in [5, 5.41) is 9.28. The molecule has 2 aromatic rings. The van der Waals surface area contributed by atoms with E-state index in [1.54, 1.807) is 27.8 Å². The number of rotatable bonds is 7. The number of halogens is 3. The molecular formula is C24H27BrF2N4O3S. The number of nitrogens with zero attached hydrogens (tertiary/aromatic N) is 3. The van der Waals surface area contributed by atoms with Crippen LogP contribution in [-0.4, -0.2) is 42.9 Å². The van der Waals surface area contributed by atoms with Crippen molar-refractivity contribution < 1.29 is 22.0 Å². The number of nitrogens with one attached hydrogen (secondary N) is 1. The molecule has 1 aliphatic heterocycles. The highest BCUT2D eigenvalue weighted by atomic mass is 79.9. The largest absolute Gasteiger partial charge is 0.341 e. The second-order valence-electron chi connectivity index (χ2n) is 9.24. The molecule has 1 amide bonds. The Morgan fingerprint density at radius 1 is 1.23 bits per heavy atom. The zero-order valence-corrected chi connectivity index (χ0v) is 21.5. The van der Waals surface area contributed by atoms with Crippen molar-refractivity contribution in [1.82, 2.24) is 14.2 Å². The molecule has 11 heteroatoms. The van der Waals surface area contributed by atoms with Gasteiger partial charge in [-0.05, 0) is 65.2 Å². The van der Waals surface area contributed by atoms with Crippen LogP contribution >= 0.6 is 15.9 Å². The third-order valence-corrected chi connectivity index (χ3v) is 9.47. The minimum atomic E-state index is -4.51. The number of amides is 1. The van der Waals surface area contributed by atoms with Crippen LogP contribution < -0.4 is 4.72 Å². The van der Waals surface area contributed by atoms with Gasteiger partial charge in [-0.2, -0.15) is 9.98 Å². The summed E-state index contributed by atoms with van der Waals surface area (Å²) in [5.74, 6) is -1.56. The van der Waals surface area contributed by atoms with Crippen LogP contribution in [-0.2, 0) is 21.4 Å². The topological polar surface area (TPSA) is 95.2 Å². The van der Waals surface area contributed by atoms with Gasteiger partial charge >= 0.3 is 0 Å². The van der Waals surface area contributed by atoms with Crippen LogP contribution in [0.2, 0.25) is 0 Å². The number of hydrogen-bond acceptors (Lipinski definition) is 4.